The summed E-state index contributed by atoms with van der Waals surface area (Å²) in [5.41, 5.74) is 4.77. The van der Waals surface area contributed by atoms with Crippen LogP contribution in [0.15, 0.2) is 30.3 Å². The third-order valence-corrected chi connectivity index (χ3v) is 5.23. The first-order chi connectivity index (χ1) is 12.5. The molecule has 0 saturated carbocycles. The number of nitrogens with zero attached hydrogens (tertiary/aromatic N) is 3. The van der Waals surface area contributed by atoms with Gasteiger partial charge in [0.2, 0.25) is 5.88 Å². The number of likely N-dealkylation sites (tertiary alicyclic amines) is 1. The van der Waals surface area contributed by atoms with E-state index in [1.54, 1.807) is 0 Å². The maximum atomic E-state index is 5.57. The molecule has 0 aliphatic carbocycles. The second-order valence-electron chi connectivity index (χ2n) is 7.48. The zero-order chi connectivity index (χ0) is 18.5. The topological polar surface area (TPSA) is 38.2 Å². The Bertz CT molecular complexity index is 711. The van der Waals surface area contributed by atoms with Crippen molar-refractivity contribution in [1.82, 2.24) is 14.9 Å². The van der Waals surface area contributed by atoms with Crippen LogP contribution in [-0.4, -0.2) is 34.6 Å². The molecule has 0 amide bonds. The van der Waals surface area contributed by atoms with Crippen molar-refractivity contribution in [3.63, 3.8) is 0 Å². The molecule has 26 heavy (non-hydrogen) atoms. The monoisotopic (exact) mass is 353 g/mol. The van der Waals surface area contributed by atoms with Crippen molar-refractivity contribution in [2.45, 2.75) is 53.0 Å². The first kappa shape index (κ1) is 18.8. The third kappa shape index (κ3) is 4.82. The van der Waals surface area contributed by atoms with Crippen molar-refractivity contribution in [2.75, 3.05) is 19.7 Å². The number of aryl methyl sites for hydroxylation is 2. The first-order valence-corrected chi connectivity index (χ1v) is 9.83. The van der Waals surface area contributed by atoms with E-state index in [1.807, 2.05) is 19.1 Å². The molecule has 0 N–H and O–H groups in total. The van der Waals surface area contributed by atoms with E-state index in [9.17, 15) is 0 Å². The van der Waals surface area contributed by atoms with E-state index in [0.717, 1.165) is 42.5 Å². The van der Waals surface area contributed by atoms with Crippen LogP contribution in [0.1, 0.15) is 55.4 Å². The van der Waals surface area contributed by atoms with Crippen molar-refractivity contribution < 1.29 is 4.74 Å². The number of ether oxygens (including phenoxy) is 1. The fourth-order valence-corrected chi connectivity index (χ4v) is 4.07. The minimum absolute atomic E-state index is 0.319. The molecular weight excluding hydrogens is 322 g/mol. The third-order valence-electron chi connectivity index (χ3n) is 5.23. The maximum Gasteiger partial charge on any atom is 0.213 e. The Hall–Kier alpha value is -1.94. The molecule has 0 aromatic carbocycles. The van der Waals surface area contributed by atoms with Crippen molar-refractivity contribution in [1.29, 1.82) is 0 Å². The van der Waals surface area contributed by atoms with Crippen LogP contribution in [0.2, 0.25) is 0 Å². The van der Waals surface area contributed by atoms with Gasteiger partial charge in [0, 0.05) is 30.0 Å². The van der Waals surface area contributed by atoms with Gasteiger partial charge < -0.3 is 4.74 Å². The Morgan fingerprint density at radius 3 is 2.69 bits per heavy atom. The van der Waals surface area contributed by atoms with Gasteiger partial charge in [-0.2, -0.15) is 0 Å². The molecule has 4 heteroatoms. The van der Waals surface area contributed by atoms with Crippen LogP contribution in [0, 0.1) is 19.8 Å². The zero-order valence-corrected chi connectivity index (χ0v) is 16.5. The molecule has 1 aliphatic heterocycles. The lowest BCUT2D eigenvalue weighted by Gasteiger charge is -2.36. The van der Waals surface area contributed by atoms with Gasteiger partial charge in [0.1, 0.15) is 0 Å². The molecule has 0 bridgehead atoms. The zero-order valence-electron chi connectivity index (χ0n) is 16.5. The SMILES string of the molecule is CCOc1cccc(C(C)N2CCC[C@H](Cc3cc(C)nc(C)c3)C2)n1. The standard InChI is InChI=1S/C22H31N3O/c1-5-26-22-10-6-9-21(24-22)18(4)25-11-7-8-19(15-25)14-20-12-16(2)23-17(3)13-20/h6,9-10,12-13,18-19H,5,7-8,11,14-15H2,1-4H3/t18?,19-/m1/s1. The predicted octanol–water partition coefficient (Wildman–Crippen LogP) is 4.51. The first-order valence-electron chi connectivity index (χ1n) is 9.83. The van der Waals surface area contributed by atoms with Crippen molar-refractivity contribution in [2.24, 2.45) is 5.92 Å². The second kappa shape index (κ2) is 8.63. The Morgan fingerprint density at radius 2 is 1.96 bits per heavy atom. The normalized spacial score (nSPS) is 19.3. The quantitative estimate of drug-likeness (QED) is 0.766. The largest absolute Gasteiger partial charge is 0.478 e. The molecule has 1 saturated heterocycles. The number of hydrogen-bond donors (Lipinski definition) is 0. The summed E-state index contributed by atoms with van der Waals surface area (Å²) in [6, 6.07) is 10.9. The van der Waals surface area contributed by atoms with E-state index in [1.165, 1.54) is 18.4 Å². The fourth-order valence-electron chi connectivity index (χ4n) is 4.07. The molecule has 1 aliphatic rings. The van der Waals surface area contributed by atoms with Crippen LogP contribution in [0.5, 0.6) is 5.88 Å². The number of aromatic nitrogens is 2. The lowest BCUT2D eigenvalue weighted by atomic mass is 9.90. The molecule has 3 heterocycles. The Morgan fingerprint density at radius 1 is 1.19 bits per heavy atom. The number of hydrogen-bond acceptors (Lipinski definition) is 4. The minimum Gasteiger partial charge on any atom is -0.478 e. The van der Waals surface area contributed by atoms with E-state index in [0.29, 0.717) is 18.6 Å². The number of pyridine rings is 2. The second-order valence-corrected chi connectivity index (χ2v) is 7.48. The van der Waals surface area contributed by atoms with Crippen molar-refractivity contribution >= 4 is 0 Å². The summed E-state index contributed by atoms with van der Waals surface area (Å²) in [7, 11) is 0. The van der Waals surface area contributed by atoms with E-state index in [4.69, 9.17) is 9.72 Å². The van der Waals surface area contributed by atoms with E-state index in [2.05, 4.69) is 48.9 Å². The van der Waals surface area contributed by atoms with Gasteiger partial charge in [-0.25, -0.2) is 4.98 Å². The Kier molecular flexibility index (Phi) is 6.25. The van der Waals surface area contributed by atoms with Gasteiger partial charge in [-0.3, -0.25) is 9.88 Å². The van der Waals surface area contributed by atoms with Crippen LogP contribution in [0.3, 0.4) is 0 Å². The molecule has 2 aromatic heterocycles. The molecule has 4 nitrogen and oxygen atoms in total. The van der Waals surface area contributed by atoms with Gasteiger partial charge in [-0.15, -0.1) is 0 Å². The van der Waals surface area contributed by atoms with Gasteiger partial charge in [0.05, 0.1) is 12.3 Å². The lowest BCUT2D eigenvalue weighted by Crippen LogP contribution is -2.38. The summed E-state index contributed by atoms with van der Waals surface area (Å²) in [6.07, 6.45) is 3.69. The molecule has 1 fully saturated rings. The van der Waals surface area contributed by atoms with Crippen LogP contribution >= 0.6 is 0 Å². The minimum atomic E-state index is 0.319. The summed E-state index contributed by atoms with van der Waals surface area (Å²) in [5, 5.41) is 0. The van der Waals surface area contributed by atoms with Crippen molar-refractivity contribution in [3.05, 3.63) is 53.0 Å². The summed E-state index contributed by atoms with van der Waals surface area (Å²) >= 11 is 0. The van der Waals surface area contributed by atoms with Crippen LogP contribution in [0.4, 0.5) is 0 Å². The maximum absolute atomic E-state index is 5.57. The summed E-state index contributed by atoms with van der Waals surface area (Å²) in [4.78, 5) is 11.8. The highest BCUT2D eigenvalue weighted by Crippen LogP contribution is 2.28. The molecule has 2 atom stereocenters. The average Bonchev–Trinajstić information content (AvgIpc) is 2.61. The highest BCUT2D eigenvalue weighted by Gasteiger charge is 2.25. The molecular formula is C22H31N3O. The smallest absolute Gasteiger partial charge is 0.213 e. The number of rotatable bonds is 6. The molecule has 0 spiro atoms. The highest BCUT2D eigenvalue weighted by molar-refractivity contribution is 5.21. The summed E-state index contributed by atoms with van der Waals surface area (Å²) in [5.74, 6) is 1.43. The van der Waals surface area contributed by atoms with E-state index < -0.39 is 0 Å². The van der Waals surface area contributed by atoms with Gasteiger partial charge >= 0.3 is 0 Å². The molecule has 1 unspecified atom stereocenters. The Balaban J connectivity index is 1.66. The van der Waals surface area contributed by atoms with Crippen LogP contribution in [0.25, 0.3) is 0 Å². The van der Waals surface area contributed by atoms with Crippen LogP contribution in [-0.2, 0) is 6.42 Å². The van der Waals surface area contributed by atoms with Gasteiger partial charge in [0.25, 0.3) is 0 Å². The number of piperidine rings is 1. The molecule has 0 radical (unpaired) electrons. The molecule has 2 aromatic rings. The predicted molar refractivity (Wildman–Crippen MR) is 106 cm³/mol. The van der Waals surface area contributed by atoms with E-state index in [-0.39, 0.29) is 0 Å². The van der Waals surface area contributed by atoms with Crippen LogP contribution < -0.4 is 4.74 Å². The lowest BCUT2D eigenvalue weighted by molar-refractivity contribution is 0.128. The molecule has 140 valence electrons. The average molecular weight is 354 g/mol. The van der Waals surface area contributed by atoms with Gasteiger partial charge in [-0.05, 0) is 83.2 Å². The van der Waals surface area contributed by atoms with Crippen molar-refractivity contribution in [3.8, 4) is 5.88 Å². The van der Waals surface area contributed by atoms with Gasteiger partial charge in [-0.1, -0.05) is 6.07 Å². The fraction of sp³-hybridized carbons (Fsp3) is 0.545. The molecule has 3 rings (SSSR count). The Labute approximate surface area is 157 Å². The van der Waals surface area contributed by atoms with Gasteiger partial charge in [0.15, 0.2) is 0 Å². The summed E-state index contributed by atoms with van der Waals surface area (Å²) in [6.45, 7) is 11.4. The van der Waals surface area contributed by atoms with E-state index >= 15 is 0 Å². The summed E-state index contributed by atoms with van der Waals surface area (Å²) < 4.78 is 5.57. The highest BCUT2D eigenvalue weighted by atomic mass is 16.5.